The molecule has 0 aliphatic heterocycles. The summed E-state index contributed by atoms with van der Waals surface area (Å²) in [5.74, 6) is -1.25. The van der Waals surface area contributed by atoms with E-state index >= 15 is 0 Å². The molecule has 0 bridgehead atoms. The van der Waals surface area contributed by atoms with E-state index in [0.29, 0.717) is 20.5 Å². The maximum atomic E-state index is 13.6. The minimum Gasteiger partial charge on any atom is -0.444 e. The molecule has 0 radical (unpaired) electrons. The van der Waals surface area contributed by atoms with E-state index in [4.69, 9.17) is 14.2 Å². The third kappa shape index (κ3) is 11.6. The van der Waals surface area contributed by atoms with Crippen LogP contribution in [0.3, 0.4) is 0 Å². The molecular formula is C37H40N4O9S2. The Hall–Kier alpha value is -5.41. The molecule has 13 nitrogen and oxygen atoms in total. The normalized spacial score (nSPS) is 11.3. The highest BCUT2D eigenvalue weighted by Crippen LogP contribution is 2.31. The Morgan fingerprint density at radius 2 is 1.40 bits per heavy atom. The first-order chi connectivity index (χ1) is 24.3. The van der Waals surface area contributed by atoms with Crippen LogP contribution in [0.5, 0.6) is 5.75 Å². The Balaban J connectivity index is 1.48. The second kappa shape index (κ2) is 16.3. The van der Waals surface area contributed by atoms with Crippen LogP contribution in [0.4, 0.5) is 15.3 Å². The molecule has 274 valence electrons. The number of benzene rings is 2. The summed E-state index contributed by atoms with van der Waals surface area (Å²) < 4.78 is 16.8. The van der Waals surface area contributed by atoms with E-state index < -0.39 is 29.4 Å². The number of hydrogen-bond donors (Lipinski definition) is 2. The molecule has 4 aromatic rings. The molecule has 2 aromatic heterocycles. The SMILES string of the molecule is CC(=O)CN(Cc1csc(C(C)=O)c1)C(=O)c1csc2cc(OC(=O)c3ccc(N=C(NC(=O)OC(C)(C)C)NC(=O)OC(C)(C)C)cc3)ccc12. The quantitative estimate of drug-likeness (QED) is 0.0574. The molecule has 3 amide bonds. The Morgan fingerprint density at radius 1 is 0.788 bits per heavy atom. The van der Waals surface area contributed by atoms with Crippen LogP contribution in [0.2, 0.25) is 0 Å². The predicted molar refractivity (Wildman–Crippen MR) is 199 cm³/mol. The topological polar surface area (TPSA) is 170 Å². The van der Waals surface area contributed by atoms with Gasteiger partial charge in [0.2, 0.25) is 5.96 Å². The average molecular weight is 749 g/mol. The van der Waals surface area contributed by atoms with Gasteiger partial charge in [0.15, 0.2) is 5.78 Å². The van der Waals surface area contributed by atoms with Crippen LogP contribution in [0.15, 0.2) is 64.3 Å². The molecule has 2 heterocycles. The van der Waals surface area contributed by atoms with Crippen molar-refractivity contribution in [3.05, 3.63) is 80.9 Å². The maximum absolute atomic E-state index is 13.6. The van der Waals surface area contributed by atoms with Gasteiger partial charge in [0.05, 0.1) is 28.2 Å². The highest BCUT2D eigenvalue weighted by Gasteiger charge is 2.24. The van der Waals surface area contributed by atoms with Crippen LogP contribution in [-0.4, -0.2) is 64.2 Å². The summed E-state index contributed by atoms with van der Waals surface area (Å²) in [6.45, 7) is 13.1. The van der Waals surface area contributed by atoms with E-state index in [2.05, 4.69) is 15.6 Å². The van der Waals surface area contributed by atoms with E-state index in [1.54, 1.807) is 76.6 Å². The number of aliphatic imine (C=N–C) groups is 1. The summed E-state index contributed by atoms with van der Waals surface area (Å²) in [6.07, 6.45) is -1.70. The summed E-state index contributed by atoms with van der Waals surface area (Å²) in [7, 11) is 0. The lowest BCUT2D eigenvalue weighted by Crippen LogP contribution is -2.47. The van der Waals surface area contributed by atoms with Crippen molar-refractivity contribution in [1.29, 1.82) is 0 Å². The standard InChI is InChI=1S/C37H40N4O9S2/c1-21(42)17-41(18-23-15-29(22(2)43)51-19-23)31(44)28-20-52-30-16-26(13-14-27(28)30)48-32(45)24-9-11-25(12-10-24)38-33(39-34(46)49-36(3,4)5)40-35(47)50-37(6,7)8/h9-16,19-20H,17-18H2,1-8H3,(H2,38,39,40,46,47). The van der Waals surface area contributed by atoms with Gasteiger partial charge in [0.1, 0.15) is 22.7 Å². The van der Waals surface area contributed by atoms with Gasteiger partial charge in [-0.2, -0.15) is 0 Å². The number of nitrogens with zero attached hydrogens (tertiary/aromatic N) is 2. The highest BCUT2D eigenvalue weighted by atomic mass is 32.1. The van der Waals surface area contributed by atoms with Gasteiger partial charge in [-0.1, -0.05) is 0 Å². The lowest BCUT2D eigenvalue weighted by Gasteiger charge is -2.22. The number of ether oxygens (including phenoxy) is 3. The van der Waals surface area contributed by atoms with E-state index in [9.17, 15) is 28.8 Å². The molecular weight excluding hydrogens is 709 g/mol. The van der Waals surface area contributed by atoms with E-state index in [1.807, 2.05) is 0 Å². The van der Waals surface area contributed by atoms with Gasteiger partial charge in [-0.15, -0.1) is 22.7 Å². The van der Waals surface area contributed by atoms with Crippen molar-refractivity contribution in [3.8, 4) is 5.75 Å². The Labute approximate surface area is 309 Å². The van der Waals surface area contributed by atoms with Crippen LogP contribution in [-0.2, 0) is 20.8 Å². The number of nitrogens with one attached hydrogen (secondary N) is 2. The molecule has 0 spiro atoms. The number of alkyl carbamates (subject to hydrolysis) is 2. The molecule has 0 fully saturated rings. The minimum absolute atomic E-state index is 0.0693. The largest absolute Gasteiger partial charge is 0.444 e. The van der Waals surface area contributed by atoms with Crippen LogP contribution in [0.1, 0.15) is 91.3 Å². The Morgan fingerprint density at radius 3 is 1.94 bits per heavy atom. The van der Waals surface area contributed by atoms with Crippen molar-refractivity contribution in [2.24, 2.45) is 4.99 Å². The zero-order chi connectivity index (χ0) is 38.4. The lowest BCUT2D eigenvalue weighted by molar-refractivity contribution is -0.117. The summed E-state index contributed by atoms with van der Waals surface area (Å²) in [5, 5.41) is 8.93. The molecule has 0 aliphatic rings. The molecule has 4 rings (SSSR count). The average Bonchev–Trinajstić information content (AvgIpc) is 3.66. The first-order valence-electron chi connectivity index (χ1n) is 16.1. The van der Waals surface area contributed by atoms with Gasteiger partial charge in [-0.25, -0.2) is 19.4 Å². The number of Topliss-reactive ketones (excluding diaryl/α,β-unsaturated/α-hetero) is 2. The zero-order valence-electron chi connectivity index (χ0n) is 30.1. The van der Waals surface area contributed by atoms with Crippen LogP contribution in [0.25, 0.3) is 10.1 Å². The fourth-order valence-electron chi connectivity index (χ4n) is 4.59. The van der Waals surface area contributed by atoms with E-state index in [1.165, 1.54) is 65.7 Å². The number of rotatable bonds is 9. The number of carbonyl (C=O) groups excluding carboxylic acids is 6. The minimum atomic E-state index is -0.849. The summed E-state index contributed by atoms with van der Waals surface area (Å²) in [6, 6.07) is 12.6. The van der Waals surface area contributed by atoms with Crippen molar-refractivity contribution in [3.63, 3.8) is 0 Å². The Bertz CT molecular complexity index is 2000. The maximum Gasteiger partial charge on any atom is 0.414 e. The number of fused-ring (bicyclic) bond motifs is 1. The first kappa shape index (κ1) is 39.4. The first-order valence-corrected chi connectivity index (χ1v) is 17.8. The number of amides is 3. The number of esters is 1. The van der Waals surface area contributed by atoms with Crippen molar-refractivity contribution < 1.29 is 43.0 Å². The number of carbonyl (C=O) groups is 6. The highest BCUT2D eigenvalue weighted by molar-refractivity contribution is 7.17. The third-order valence-corrected chi connectivity index (χ3v) is 8.67. The van der Waals surface area contributed by atoms with Gasteiger partial charge < -0.3 is 19.1 Å². The van der Waals surface area contributed by atoms with Crippen molar-refractivity contribution in [1.82, 2.24) is 15.5 Å². The van der Waals surface area contributed by atoms with Gasteiger partial charge in [-0.05, 0) is 115 Å². The molecule has 0 aliphatic carbocycles. The molecule has 52 heavy (non-hydrogen) atoms. The van der Waals surface area contributed by atoms with Crippen molar-refractivity contribution in [2.45, 2.75) is 73.1 Å². The molecule has 0 atom stereocenters. The smallest absolute Gasteiger partial charge is 0.414 e. The summed E-state index contributed by atoms with van der Waals surface area (Å²) in [5.41, 5.74) is 0.0360. The third-order valence-electron chi connectivity index (χ3n) is 6.65. The summed E-state index contributed by atoms with van der Waals surface area (Å²) in [4.78, 5) is 81.6. The van der Waals surface area contributed by atoms with Gasteiger partial charge in [0.25, 0.3) is 5.91 Å². The van der Waals surface area contributed by atoms with Crippen LogP contribution < -0.4 is 15.4 Å². The van der Waals surface area contributed by atoms with Crippen molar-refractivity contribution in [2.75, 3.05) is 6.54 Å². The number of ketones is 2. The molecule has 2 aromatic carbocycles. The fraction of sp³-hybridized carbons (Fsp3) is 0.324. The van der Waals surface area contributed by atoms with Crippen molar-refractivity contribution >= 4 is 80.0 Å². The van der Waals surface area contributed by atoms with Gasteiger partial charge in [-0.3, -0.25) is 25.0 Å². The lowest BCUT2D eigenvalue weighted by atomic mass is 10.1. The van der Waals surface area contributed by atoms with E-state index in [0.717, 1.165) is 5.56 Å². The molecule has 0 saturated carbocycles. The van der Waals surface area contributed by atoms with Gasteiger partial charge in [0, 0.05) is 22.0 Å². The molecule has 0 saturated heterocycles. The van der Waals surface area contributed by atoms with Gasteiger partial charge >= 0.3 is 18.2 Å². The van der Waals surface area contributed by atoms with Crippen LogP contribution in [0, 0.1) is 0 Å². The second-order valence-corrected chi connectivity index (χ2v) is 15.5. The molecule has 0 unspecified atom stereocenters. The molecule has 15 heteroatoms. The number of hydrogen-bond acceptors (Lipinski definition) is 12. The fourth-order valence-corrected chi connectivity index (χ4v) is 6.36. The molecule has 2 N–H and O–H groups in total. The van der Waals surface area contributed by atoms with E-state index in [-0.39, 0.29) is 53.5 Å². The second-order valence-electron chi connectivity index (χ2n) is 13.7. The number of thiophene rings is 2. The summed E-state index contributed by atoms with van der Waals surface area (Å²) >= 11 is 2.58. The number of guanidine groups is 1. The predicted octanol–water partition coefficient (Wildman–Crippen LogP) is 7.65. The van der Waals surface area contributed by atoms with Crippen LogP contribution >= 0.6 is 22.7 Å². The monoisotopic (exact) mass is 748 g/mol. The zero-order valence-corrected chi connectivity index (χ0v) is 31.7. The Kier molecular flexibility index (Phi) is 12.3.